The van der Waals surface area contributed by atoms with Gasteiger partial charge in [-0.15, -0.1) is 0 Å². The molecule has 216 valence electrons. The molecule has 1 aliphatic heterocycles. The van der Waals surface area contributed by atoms with Gasteiger partial charge in [0, 0.05) is 0 Å². The summed E-state index contributed by atoms with van der Waals surface area (Å²) in [5.41, 5.74) is 5.92. The molecule has 2 atom stereocenters. The van der Waals surface area contributed by atoms with E-state index in [4.69, 9.17) is 8.85 Å². The fraction of sp³-hybridized carbons (Fsp3) is 0.500. The normalized spacial score (nSPS) is 21.1. The van der Waals surface area contributed by atoms with E-state index in [1.165, 1.54) is 22.6 Å². The van der Waals surface area contributed by atoms with Crippen LogP contribution in [0.25, 0.3) is 11.5 Å². The average Bonchev–Trinajstić information content (AvgIpc) is 3.27. The van der Waals surface area contributed by atoms with Gasteiger partial charge in [0.15, 0.2) is 0 Å². The maximum atomic E-state index is 7.34. The molecule has 2 aromatic rings. The van der Waals surface area contributed by atoms with Crippen molar-refractivity contribution in [2.45, 2.75) is 98.2 Å². The fourth-order valence-corrected chi connectivity index (χ4v) is 27.2. The molecule has 0 radical (unpaired) electrons. The molecule has 8 heteroatoms. The topological polar surface area (TPSA) is 18.5 Å². The third-order valence-electron chi connectivity index (χ3n) is 10.1. The van der Waals surface area contributed by atoms with E-state index in [-0.39, 0.29) is 34.9 Å². The van der Waals surface area contributed by atoms with Crippen LogP contribution in [0.3, 0.4) is 0 Å². The summed E-state index contributed by atoms with van der Waals surface area (Å²) in [6.07, 6.45) is 0. The van der Waals surface area contributed by atoms with E-state index in [1.54, 1.807) is 21.5 Å². The third kappa shape index (κ3) is 5.29. The van der Waals surface area contributed by atoms with Gasteiger partial charge in [0.25, 0.3) is 0 Å². The molecular weight excluding hydrogens is 750 g/mol. The average molecular weight is 796 g/mol. The van der Waals surface area contributed by atoms with Gasteiger partial charge in [0.2, 0.25) is 0 Å². The van der Waals surface area contributed by atoms with Crippen molar-refractivity contribution in [3.05, 3.63) is 81.2 Å². The van der Waals surface area contributed by atoms with E-state index >= 15 is 0 Å². The van der Waals surface area contributed by atoms with Crippen LogP contribution in [0.2, 0.25) is 49.4 Å². The summed E-state index contributed by atoms with van der Waals surface area (Å²) in [5.74, 6) is 2.55. The zero-order valence-corrected chi connectivity index (χ0v) is 34.5. The summed E-state index contributed by atoms with van der Waals surface area (Å²) in [6, 6.07) is 18.5. The second-order valence-corrected chi connectivity index (χ2v) is 34.2. The first-order valence-corrected chi connectivity index (χ1v) is 27.2. The Labute approximate surface area is 270 Å². The predicted octanol–water partition coefficient (Wildman–Crippen LogP) is 3.85. The summed E-state index contributed by atoms with van der Waals surface area (Å²) in [7, 11) is -6.11. The van der Waals surface area contributed by atoms with E-state index in [0.717, 1.165) is 0 Å². The number of rotatable bonds is 4. The van der Waals surface area contributed by atoms with Gasteiger partial charge >= 0.3 is 247 Å². The van der Waals surface area contributed by atoms with Gasteiger partial charge in [0.1, 0.15) is 0 Å². The van der Waals surface area contributed by atoms with Crippen molar-refractivity contribution < 1.29 is 56.6 Å². The van der Waals surface area contributed by atoms with Crippen molar-refractivity contribution in [3.8, 4) is 0 Å². The molecule has 1 saturated heterocycles. The van der Waals surface area contributed by atoms with E-state index in [2.05, 4.69) is 129 Å². The SMILES string of the molecule is CC(C)(C)[Si](C)(C)OC1=C2[C@@H]([Hf+2][C@H]3C(=C(O[Si](C)(C)C(C)(C)C)c4ccccc43)[Si]2(C)C)c2ccccc21.[Cl-].[Cl-]. The molecule has 2 aliphatic carbocycles. The fourth-order valence-electron chi connectivity index (χ4n) is 5.76. The Morgan fingerprint density at radius 1 is 0.625 bits per heavy atom. The van der Waals surface area contributed by atoms with Crippen molar-refractivity contribution in [3.63, 3.8) is 0 Å². The monoisotopic (exact) mass is 796 g/mol. The van der Waals surface area contributed by atoms with Crippen molar-refractivity contribution in [2.24, 2.45) is 0 Å². The molecule has 3 aliphatic rings. The minimum Gasteiger partial charge on any atom is -1.00 e. The van der Waals surface area contributed by atoms with Crippen LogP contribution >= 0.6 is 0 Å². The molecule has 2 aromatic carbocycles. The zero-order chi connectivity index (χ0) is 28.1. The van der Waals surface area contributed by atoms with Crippen LogP contribution in [0.4, 0.5) is 0 Å². The number of hydrogen-bond donors (Lipinski definition) is 0. The first-order valence-electron chi connectivity index (χ1n) is 14.2. The minimum absolute atomic E-state index is 0. The van der Waals surface area contributed by atoms with E-state index < -0.39 is 47.6 Å². The number of allylic oxidation sites excluding steroid dienone is 2. The molecule has 5 rings (SSSR count). The number of hydrogen-bond acceptors (Lipinski definition) is 2. The first kappa shape index (κ1) is 34.1. The Morgan fingerprint density at radius 3 is 1.27 bits per heavy atom. The Hall–Kier alpha value is -0.379. The summed E-state index contributed by atoms with van der Waals surface area (Å²) in [5, 5.41) is 3.72. The van der Waals surface area contributed by atoms with Crippen LogP contribution in [0, 0.1) is 0 Å². The minimum atomic E-state index is -2.09. The Bertz CT molecular complexity index is 1270. The smallest absolute Gasteiger partial charge is 1.00 e. The van der Waals surface area contributed by atoms with Crippen molar-refractivity contribution in [1.82, 2.24) is 0 Å². The predicted molar refractivity (Wildman–Crippen MR) is 166 cm³/mol. The van der Waals surface area contributed by atoms with E-state index in [9.17, 15) is 0 Å². The molecule has 1 fully saturated rings. The standard InChI is InChI=1S/C32H46O2Si3.2ClH.Hf/c1-31(2,3)36(9,10)33-29-25-19-15-13-17-23(25)21-27(29)35(7,8)28-22-24-18-14-16-20-26(24)30(28)34-37(11,12)32(4,5)6;;;/h13-22H,1-12H3;2*1H;/q;;;+2/p-2. The van der Waals surface area contributed by atoms with Crippen LogP contribution in [0.1, 0.15) is 71.1 Å². The number of benzene rings is 2. The van der Waals surface area contributed by atoms with Gasteiger partial charge in [-0.25, -0.2) is 0 Å². The van der Waals surface area contributed by atoms with Crippen LogP contribution in [-0.4, -0.2) is 24.7 Å². The number of fused-ring (bicyclic) bond motifs is 6. The molecule has 2 nitrogen and oxygen atoms in total. The molecule has 0 saturated carbocycles. The summed E-state index contributed by atoms with van der Waals surface area (Å²) < 4.78 is 15.9. The molecule has 1 heterocycles. The molecule has 0 bridgehead atoms. The molecule has 40 heavy (non-hydrogen) atoms. The maximum absolute atomic E-state index is 7.34. The Kier molecular flexibility index (Phi) is 9.35. The Morgan fingerprint density at radius 2 is 0.950 bits per heavy atom. The second kappa shape index (κ2) is 11.0. The number of halogens is 2. The quantitative estimate of drug-likeness (QED) is 0.439. The van der Waals surface area contributed by atoms with Crippen molar-refractivity contribution in [2.75, 3.05) is 0 Å². The Balaban J connectivity index is 0.00000220. The second-order valence-electron chi connectivity index (χ2n) is 15.0. The van der Waals surface area contributed by atoms with Crippen LogP contribution in [0.15, 0.2) is 58.9 Å². The van der Waals surface area contributed by atoms with Gasteiger partial charge in [-0.05, 0) is 0 Å². The van der Waals surface area contributed by atoms with Gasteiger partial charge < -0.3 is 24.8 Å². The van der Waals surface area contributed by atoms with Crippen molar-refractivity contribution >= 4 is 36.2 Å². The van der Waals surface area contributed by atoms with Gasteiger partial charge in [-0.3, -0.25) is 0 Å². The first-order chi connectivity index (χ1) is 17.4. The van der Waals surface area contributed by atoms with Gasteiger partial charge in [-0.2, -0.15) is 0 Å². The van der Waals surface area contributed by atoms with E-state index in [0.29, 0.717) is 7.35 Å². The molecule has 0 amide bonds. The van der Waals surface area contributed by atoms with Crippen LogP contribution < -0.4 is 24.8 Å². The molecule has 0 aromatic heterocycles. The summed E-state index contributed by atoms with van der Waals surface area (Å²) in [4.78, 5) is 0. The van der Waals surface area contributed by atoms with E-state index in [1.807, 2.05) is 0 Å². The summed E-state index contributed by atoms with van der Waals surface area (Å²) in [6.45, 7) is 29.1. The van der Waals surface area contributed by atoms with Crippen LogP contribution in [-0.2, 0) is 31.8 Å². The molecule has 0 spiro atoms. The summed E-state index contributed by atoms with van der Waals surface area (Å²) >= 11 is -1.24. The molecule has 0 unspecified atom stereocenters. The van der Waals surface area contributed by atoms with Gasteiger partial charge in [-0.1, -0.05) is 0 Å². The largest absolute Gasteiger partial charge is 1.00 e. The van der Waals surface area contributed by atoms with Gasteiger partial charge in [0.05, 0.1) is 0 Å². The van der Waals surface area contributed by atoms with Crippen LogP contribution in [0.5, 0.6) is 0 Å². The third-order valence-corrected chi connectivity index (χ3v) is 31.3. The van der Waals surface area contributed by atoms with Crippen molar-refractivity contribution in [1.29, 1.82) is 0 Å². The molecular formula is C32H46Cl2HfO2Si3. The zero-order valence-electron chi connectivity index (χ0n) is 26.3. The maximum Gasteiger partial charge on any atom is -1.00 e. The molecule has 0 N–H and O–H groups in total.